The molecule has 0 aliphatic heterocycles. The van der Waals surface area contributed by atoms with Gasteiger partial charge in [-0.15, -0.1) is 0 Å². The van der Waals surface area contributed by atoms with Crippen LogP contribution in [0, 0.1) is 5.92 Å². The van der Waals surface area contributed by atoms with Gasteiger partial charge in [0.2, 0.25) is 5.91 Å². The lowest BCUT2D eigenvalue weighted by Gasteiger charge is -2.09. The van der Waals surface area contributed by atoms with Crippen LogP contribution in [-0.4, -0.2) is 10.9 Å². The van der Waals surface area contributed by atoms with Crippen molar-refractivity contribution < 1.29 is 7.65 Å². The molecule has 4 heteroatoms. The van der Waals surface area contributed by atoms with Crippen LogP contribution in [-0.2, 0) is 4.79 Å². The number of amides is 1. The van der Waals surface area contributed by atoms with Crippen molar-refractivity contribution in [3.63, 3.8) is 0 Å². The summed E-state index contributed by atoms with van der Waals surface area (Å²) in [5, 5.41) is 2.75. The molecule has 4 nitrogen and oxygen atoms in total. The normalized spacial score (nSPS) is 12.1. The van der Waals surface area contributed by atoms with Gasteiger partial charge < -0.3 is 11.1 Å². The molecule has 0 spiro atoms. The summed E-state index contributed by atoms with van der Waals surface area (Å²) in [7, 11) is 0. The molecule has 0 aliphatic rings. The van der Waals surface area contributed by atoms with E-state index >= 15 is 0 Å². The molecule has 1 aromatic rings. The lowest BCUT2D eigenvalue weighted by Crippen LogP contribution is -2.16. The number of carbonyl (C=O) groups is 1. The van der Waals surface area contributed by atoms with Crippen LogP contribution in [0.25, 0.3) is 0 Å². The Morgan fingerprint density at radius 1 is 1.73 bits per heavy atom. The molecule has 0 fully saturated rings. The maximum Gasteiger partial charge on any atom is 0.224 e. The largest absolute Gasteiger partial charge is 0.382 e. The maximum absolute atomic E-state index is 11.5. The van der Waals surface area contributed by atoms with E-state index in [1.165, 1.54) is 0 Å². The van der Waals surface area contributed by atoms with Crippen molar-refractivity contribution in [1.82, 2.24) is 4.98 Å². The third-order valence-electron chi connectivity index (χ3n) is 2.34. The summed E-state index contributed by atoms with van der Waals surface area (Å²) < 4.78 is 0. The summed E-state index contributed by atoms with van der Waals surface area (Å²) in [6, 6.07) is 3.49. The van der Waals surface area contributed by atoms with Gasteiger partial charge in [-0.1, -0.05) is 20.3 Å². The first-order valence-corrected chi connectivity index (χ1v) is 5.13. The van der Waals surface area contributed by atoms with Crippen molar-refractivity contribution in [2.45, 2.75) is 26.7 Å². The minimum atomic E-state index is -0.0101. The van der Waals surface area contributed by atoms with Gasteiger partial charge >= 0.3 is 0 Å². The minimum absolute atomic E-state index is 0. The van der Waals surface area contributed by atoms with E-state index in [9.17, 15) is 4.79 Å². The Hall–Kier alpha value is -1.58. The molecule has 1 heterocycles. The molecular formula is C11H21N3O. The molecule has 3 N–H and O–H groups in total. The Bertz CT molecular complexity index is 347. The Labute approximate surface area is 92.9 Å². The number of hydrogen-bond donors (Lipinski definition) is 2. The number of aromatic nitrogens is 1. The van der Waals surface area contributed by atoms with Gasteiger partial charge in [0.25, 0.3) is 0 Å². The number of nitrogen functional groups attached to an aromatic ring is 1. The predicted octanol–water partition coefficient (Wildman–Crippen LogP) is 2.53. The number of nitrogens with zero attached hydrogens (tertiary/aromatic N) is 1. The van der Waals surface area contributed by atoms with Gasteiger partial charge in [-0.2, -0.15) is 0 Å². The second-order valence-electron chi connectivity index (χ2n) is 3.70. The molecule has 86 valence electrons. The van der Waals surface area contributed by atoms with Crippen molar-refractivity contribution in [1.29, 1.82) is 0 Å². The molecule has 1 atom stereocenters. The number of rotatable bonds is 4. The first-order chi connectivity index (χ1) is 7.13. The van der Waals surface area contributed by atoms with Crippen LogP contribution in [0.3, 0.4) is 0 Å². The molecule has 0 radical (unpaired) electrons. The van der Waals surface area contributed by atoms with Crippen molar-refractivity contribution in [3.05, 3.63) is 18.3 Å². The summed E-state index contributed by atoms with van der Waals surface area (Å²) >= 11 is 0. The van der Waals surface area contributed by atoms with Gasteiger partial charge in [-0.05, 0) is 18.1 Å². The Morgan fingerprint density at radius 2 is 2.47 bits per heavy atom. The zero-order chi connectivity index (χ0) is 11.3. The number of hydrogen-bond acceptors (Lipinski definition) is 3. The number of nitrogens with one attached hydrogen (secondary N) is 1. The molecule has 0 aromatic carbocycles. The average molecular weight is 211 g/mol. The molecule has 15 heavy (non-hydrogen) atoms. The highest BCUT2D eigenvalue weighted by molar-refractivity contribution is 5.93. The summed E-state index contributed by atoms with van der Waals surface area (Å²) in [5.74, 6) is 0.738. The second-order valence-corrected chi connectivity index (χ2v) is 3.70. The number of nitrogens with two attached hydrogens (primary N) is 1. The molecule has 1 rings (SSSR count). The van der Waals surface area contributed by atoms with Crippen LogP contribution in [0.4, 0.5) is 11.5 Å². The number of anilines is 2. The van der Waals surface area contributed by atoms with E-state index in [2.05, 4.69) is 17.2 Å². The fourth-order valence-electron chi connectivity index (χ4n) is 1.19. The lowest BCUT2D eigenvalue weighted by molar-refractivity contribution is -0.117. The highest BCUT2D eigenvalue weighted by Crippen LogP contribution is 2.15. The van der Waals surface area contributed by atoms with Gasteiger partial charge in [0, 0.05) is 15.5 Å². The minimum Gasteiger partial charge on any atom is -0.382 e. The fourth-order valence-corrected chi connectivity index (χ4v) is 1.19. The lowest BCUT2D eigenvalue weighted by atomic mass is 10.1. The van der Waals surface area contributed by atoms with Gasteiger partial charge in [0.1, 0.15) is 5.82 Å². The molecule has 1 aromatic heterocycles. The molecule has 0 unspecified atom stereocenters. The molecule has 0 aliphatic carbocycles. The van der Waals surface area contributed by atoms with Crippen molar-refractivity contribution in [2.75, 3.05) is 11.1 Å². The predicted molar refractivity (Wildman–Crippen MR) is 65.6 cm³/mol. The first-order valence-electron chi connectivity index (χ1n) is 5.13. The molecule has 1 amide bonds. The van der Waals surface area contributed by atoms with E-state index < -0.39 is 0 Å². The third kappa shape index (κ3) is 3.58. The average Bonchev–Trinajstić information content (AvgIpc) is 2.21. The molecular weight excluding hydrogens is 190 g/mol. The van der Waals surface area contributed by atoms with Gasteiger partial charge in [0.15, 0.2) is 0 Å². The zero-order valence-corrected chi connectivity index (χ0v) is 9.16. The summed E-state index contributed by atoms with van der Waals surface area (Å²) in [6.07, 6.45) is 3.11. The van der Waals surface area contributed by atoms with Gasteiger partial charge in [-0.25, -0.2) is 4.98 Å². The third-order valence-corrected chi connectivity index (χ3v) is 2.34. The monoisotopic (exact) mass is 211 g/mol. The molecule has 0 bridgehead atoms. The molecule has 0 saturated carbocycles. The number of carbonyl (C=O) groups excluding carboxylic acids is 1. The Kier molecular flexibility index (Phi) is 4.09. The van der Waals surface area contributed by atoms with Crippen molar-refractivity contribution in [2.24, 2.45) is 5.92 Å². The van der Waals surface area contributed by atoms with Crippen LogP contribution < -0.4 is 11.1 Å². The van der Waals surface area contributed by atoms with E-state index in [0.29, 0.717) is 23.8 Å². The standard InChI is InChI=1S/C11H17N3O.2H2/c1-3-8(2)7-10(15)14-9-5-4-6-13-11(9)12;;/h4-6,8H,3,7H2,1-2H3,(H2,12,13)(H,14,15);2*1H/t8-;;/m0../s1. The van der Waals surface area contributed by atoms with Crippen LogP contribution in [0.15, 0.2) is 18.3 Å². The van der Waals surface area contributed by atoms with Crippen LogP contribution >= 0.6 is 0 Å². The maximum atomic E-state index is 11.5. The van der Waals surface area contributed by atoms with Crippen LogP contribution in [0.2, 0.25) is 0 Å². The van der Waals surface area contributed by atoms with Crippen molar-refractivity contribution in [3.8, 4) is 0 Å². The van der Waals surface area contributed by atoms with E-state index in [-0.39, 0.29) is 8.76 Å². The summed E-state index contributed by atoms with van der Waals surface area (Å²) in [5.41, 5.74) is 6.20. The molecule has 0 saturated heterocycles. The van der Waals surface area contributed by atoms with E-state index in [0.717, 1.165) is 6.42 Å². The summed E-state index contributed by atoms with van der Waals surface area (Å²) in [6.45, 7) is 4.11. The van der Waals surface area contributed by atoms with E-state index in [4.69, 9.17) is 5.73 Å². The van der Waals surface area contributed by atoms with Crippen LogP contribution in [0.1, 0.15) is 29.5 Å². The smallest absolute Gasteiger partial charge is 0.224 e. The van der Waals surface area contributed by atoms with E-state index in [1.807, 2.05) is 6.92 Å². The summed E-state index contributed by atoms with van der Waals surface area (Å²) in [4.78, 5) is 15.4. The SMILES string of the molecule is CC[C@H](C)CC(=O)Nc1cccnc1N.[HH].[HH]. The van der Waals surface area contributed by atoms with E-state index in [1.54, 1.807) is 18.3 Å². The van der Waals surface area contributed by atoms with Crippen LogP contribution in [0.5, 0.6) is 0 Å². The number of pyridine rings is 1. The zero-order valence-electron chi connectivity index (χ0n) is 9.16. The van der Waals surface area contributed by atoms with Crippen molar-refractivity contribution >= 4 is 17.4 Å². The Morgan fingerprint density at radius 3 is 3.07 bits per heavy atom. The Balaban J connectivity index is 0. The van der Waals surface area contributed by atoms with Gasteiger partial charge in [-0.3, -0.25) is 4.79 Å². The topological polar surface area (TPSA) is 68.0 Å². The highest BCUT2D eigenvalue weighted by atomic mass is 16.1. The first kappa shape index (κ1) is 11.5. The second kappa shape index (κ2) is 5.34. The fraction of sp³-hybridized carbons (Fsp3) is 0.455. The highest BCUT2D eigenvalue weighted by Gasteiger charge is 2.08. The van der Waals surface area contributed by atoms with Gasteiger partial charge in [0.05, 0.1) is 5.69 Å². The quantitative estimate of drug-likeness (QED) is 0.804.